The molecule has 1 amide bonds. The molecule has 0 aliphatic carbocycles. The van der Waals surface area contributed by atoms with Crippen molar-refractivity contribution in [2.45, 2.75) is 24.8 Å². The van der Waals surface area contributed by atoms with Gasteiger partial charge in [-0.1, -0.05) is 5.16 Å². The molecule has 0 bridgehead atoms. The Balaban J connectivity index is 1.39. The van der Waals surface area contributed by atoms with Gasteiger partial charge < -0.3 is 13.8 Å². The highest BCUT2D eigenvalue weighted by Crippen LogP contribution is 2.32. The molecule has 2 saturated heterocycles. The standard InChI is InChI=1S/C15H18N4O3/c1-18-6-2-4-11(18)14-16-13(17-22-14)10-8-19(9-10)15(20)12-5-3-7-21-12/h3,5,7,10-11H,2,4,6,8-9H2,1H3. The molecule has 7 heteroatoms. The monoisotopic (exact) mass is 302 g/mol. The predicted molar refractivity (Wildman–Crippen MR) is 76.3 cm³/mol. The van der Waals surface area contributed by atoms with E-state index in [1.807, 2.05) is 0 Å². The largest absolute Gasteiger partial charge is 0.459 e. The maximum atomic E-state index is 12.1. The minimum absolute atomic E-state index is 0.0829. The molecule has 116 valence electrons. The van der Waals surface area contributed by atoms with E-state index in [0.717, 1.165) is 19.4 Å². The van der Waals surface area contributed by atoms with Gasteiger partial charge in [-0.05, 0) is 38.6 Å². The van der Waals surface area contributed by atoms with Gasteiger partial charge in [0.05, 0.1) is 18.2 Å². The molecule has 2 aromatic rings. The molecule has 2 fully saturated rings. The lowest BCUT2D eigenvalue weighted by Gasteiger charge is -2.36. The highest BCUT2D eigenvalue weighted by Gasteiger charge is 2.37. The summed E-state index contributed by atoms with van der Waals surface area (Å²) in [5.74, 6) is 1.85. The molecule has 0 spiro atoms. The molecule has 2 aliphatic rings. The van der Waals surface area contributed by atoms with E-state index < -0.39 is 0 Å². The Hall–Kier alpha value is -2.15. The third-order valence-corrected chi connectivity index (χ3v) is 4.53. The third-order valence-electron chi connectivity index (χ3n) is 4.53. The molecule has 4 heterocycles. The molecule has 1 unspecified atom stereocenters. The number of nitrogens with zero attached hydrogens (tertiary/aromatic N) is 4. The molecule has 1 atom stereocenters. The quantitative estimate of drug-likeness (QED) is 0.858. The van der Waals surface area contributed by atoms with Crippen molar-refractivity contribution in [3.63, 3.8) is 0 Å². The Morgan fingerprint density at radius 2 is 2.27 bits per heavy atom. The van der Waals surface area contributed by atoms with Crippen molar-refractivity contribution in [2.75, 3.05) is 26.7 Å². The molecule has 0 N–H and O–H groups in total. The molecule has 22 heavy (non-hydrogen) atoms. The van der Waals surface area contributed by atoms with E-state index in [1.165, 1.54) is 6.26 Å². The zero-order valence-corrected chi connectivity index (χ0v) is 12.4. The Labute approximate surface area is 127 Å². The Kier molecular flexibility index (Phi) is 3.22. The van der Waals surface area contributed by atoms with Crippen molar-refractivity contribution in [1.29, 1.82) is 0 Å². The van der Waals surface area contributed by atoms with E-state index >= 15 is 0 Å². The first-order valence-corrected chi connectivity index (χ1v) is 7.59. The van der Waals surface area contributed by atoms with Gasteiger partial charge in [0.15, 0.2) is 11.6 Å². The van der Waals surface area contributed by atoms with Crippen LogP contribution in [0.2, 0.25) is 0 Å². The molecule has 2 aliphatic heterocycles. The predicted octanol–water partition coefficient (Wildman–Crippen LogP) is 1.67. The number of likely N-dealkylation sites (tertiary alicyclic amines) is 2. The lowest BCUT2D eigenvalue weighted by molar-refractivity contribution is 0.0559. The number of amides is 1. The van der Waals surface area contributed by atoms with Gasteiger partial charge in [0.2, 0.25) is 5.89 Å². The molecule has 4 rings (SSSR count). The number of hydrogen-bond acceptors (Lipinski definition) is 6. The number of aromatic nitrogens is 2. The third kappa shape index (κ3) is 2.21. The van der Waals surface area contributed by atoms with Gasteiger partial charge in [-0.25, -0.2) is 0 Å². The smallest absolute Gasteiger partial charge is 0.289 e. The SMILES string of the molecule is CN1CCCC1c1nc(C2CN(C(=O)c3ccco3)C2)no1. The van der Waals surface area contributed by atoms with E-state index in [1.54, 1.807) is 17.0 Å². The van der Waals surface area contributed by atoms with Crippen molar-refractivity contribution in [1.82, 2.24) is 19.9 Å². The van der Waals surface area contributed by atoms with E-state index in [-0.39, 0.29) is 17.9 Å². The fourth-order valence-corrected chi connectivity index (χ4v) is 3.13. The summed E-state index contributed by atoms with van der Waals surface area (Å²) in [6.45, 7) is 2.29. The minimum atomic E-state index is -0.0829. The second-order valence-corrected chi connectivity index (χ2v) is 6.01. The van der Waals surface area contributed by atoms with E-state index in [9.17, 15) is 4.79 Å². The van der Waals surface area contributed by atoms with Crippen molar-refractivity contribution < 1.29 is 13.7 Å². The molecule has 7 nitrogen and oxygen atoms in total. The molecule has 0 saturated carbocycles. The maximum Gasteiger partial charge on any atom is 0.289 e. The van der Waals surface area contributed by atoms with Gasteiger partial charge in [0.25, 0.3) is 5.91 Å². The Morgan fingerprint density at radius 1 is 1.41 bits per heavy atom. The molecular weight excluding hydrogens is 284 g/mol. The number of rotatable bonds is 3. The zero-order valence-electron chi connectivity index (χ0n) is 12.4. The lowest BCUT2D eigenvalue weighted by atomic mass is 9.99. The Morgan fingerprint density at radius 3 is 2.95 bits per heavy atom. The summed E-state index contributed by atoms with van der Waals surface area (Å²) in [5.41, 5.74) is 0. The van der Waals surface area contributed by atoms with Crippen LogP contribution < -0.4 is 0 Å². The fraction of sp³-hybridized carbons (Fsp3) is 0.533. The van der Waals surface area contributed by atoms with Gasteiger partial charge in [-0.3, -0.25) is 9.69 Å². The number of hydrogen-bond donors (Lipinski definition) is 0. The molecule has 2 aromatic heterocycles. The highest BCUT2D eigenvalue weighted by atomic mass is 16.5. The van der Waals surface area contributed by atoms with Gasteiger partial charge in [-0.15, -0.1) is 0 Å². The van der Waals surface area contributed by atoms with Gasteiger partial charge in [0.1, 0.15) is 0 Å². The van der Waals surface area contributed by atoms with Crippen LogP contribution in [0.3, 0.4) is 0 Å². The van der Waals surface area contributed by atoms with Crippen molar-refractivity contribution in [2.24, 2.45) is 0 Å². The average molecular weight is 302 g/mol. The summed E-state index contributed by atoms with van der Waals surface area (Å²) in [6, 6.07) is 3.63. The summed E-state index contributed by atoms with van der Waals surface area (Å²) in [6.07, 6.45) is 3.73. The van der Waals surface area contributed by atoms with Gasteiger partial charge in [0, 0.05) is 13.1 Å². The van der Waals surface area contributed by atoms with Crippen LogP contribution >= 0.6 is 0 Å². The molecule has 0 aromatic carbocycles. The molecular formula is C15H18N4O3. The normalized spacial score (nSPS) is 23.0. The lowest BCUT2D eigenvalue weighted by Crippen LogP contribution is -2.48. The van der Waals surface area contributed by atoms with E-state index in [2.05, 4.69) is 22.1 Å². The topological polar surface area (TPSA) is 75.6 Å². The van der Waals surface area contributed by atoms with Crippen LogP contribution in [0, 0.1) is 0 Å². The zero-order chi connectivity index (χ0) is 15.1. The van der Waals surface area contributed by atoms with Crippen LogP contribution in [0.4, 0.5) is 0 Å². The highest BCUT2D eigenvalue weighted by molar-refractivity contribution is 5.92. The van der Waals surface area contributed by atoms with Crippen LogP contribution in [-0.4, -0.2) is 52.5 Å². The van der Waals surface area contributed by atoms with Crippen molar-refractivity contribution >= 4 is 5.91 Å². The van der Waals surface area contributed by atoms with E-state index in [4.69, 9.17) is 8.94 Å². The van der Waals surface area contributed by atoms with Crippen LogP contribution in [0.25, 0.3) is 0 Å². The summed E-state index contributed by atoms with van der Waals surface area (Å²) < 4.78 is 10.5. The number of carbonyl (C=O) groups is 1. The second kappa shape index (κ2) is 5.24. The number of furan rings is 1. The first-order valence-electron chi connectivity index (χ1n) is 7.59. The second-order valence-electron chi connectivity index (χ2n) is 6.01. The molecule has 0 radical (unpaired) electrons. The van der Waals surface area contributed by atoms with Crippen LogP contribution in [0.1, 0.15) is 47.1 Å². The van der Waals surface area contributed by atoms with Crippen molar-refractivity contribution in [3.05, 3.63) is 35.9 Å². The average Bonchev–Trinajstić information content (AvgIpc) is 3.16. The first kappa shape index (κ1) is 13.5. The summed E-state index contributed by atoms with van der Waals surface area (Å²) in [4.78, 5) is 20.6. The van der Waals surface area contributed by atoms with Gasteiger partial charge in [-0.2, -0.15) is 4.98 Å². The maximum absolute atomic E-state index is 12.1. The van der Waals surface area contributed by atoms with Crippen molar-refractivity contribution in [3.8, 4) is 0 Å². The van der Waals surface area contributed by atoms with Crippen LogP contribution in [0.15, 0.2) is 27.3 Å². The first-order chi connectivity index (χ1) is 10.7. The van der Waals surface area contributed by atoms with Crippen LogP contribution in [-0.2, 0) is 0 Å². The summed E-state index contributed by atoms with van der Waals surface area (Å²) in [7, 11) is 2.08. The minimum Gasteiger partial charge on any atom is -0.459 e. The summed E-state index contributed by atoms with van der Waals surface area (Å²) >= 11 is 0. The van der Waals surface area contributed by atoms with Crippen LogP contribution in [0.5, 0.6) is 0 Å². The van der Waals surface area contributed by atoms with E-state index in [0.29, 0.717) is 30.6 Å². The summed E-state index contributed by atoms with van der Waals surface area (Å²) in [5, 5.41) is 4.10. The van der Waals surface area contributed by atoms with Gasteiger partial charge >= 0.3 is 0 Å². The Bertz CT molecular complexity index is 660. The fourth-order valence-electron chi connectivity index (χ4n) is 3.13. The number of carbonyl (C=O) groups excluding carboxylic acids is 1.